The van der Waals surface area contributed by atoms with Crippen molar-refractivity contribution in [2.24, 2.45) is 5.92 Å². The predicted octanol–water partition coefficient (Wildman–Crippen LogP) is 1.08. The quantitative estimate of drug-likeness (QED) is 0.772. The van der Waals surface area contributed by atoms with Gasteiger partial charge in [-0.1, -0.05) is 0 Å². The standard InChI is InChI=1S/C15H18N8/c1-10-3-5-14(19-17-10)22-8-12(9-22)7-16-13-4-6-15-20-18-11(2)23(15)21-13/h3-6,12H,7-9H2,1-2H3,(H,16,21). The van der Waals surface area contributed by atoms with E-state index < -0.39 is 0 Å². The third kappa shape index (κ3) is 2.67. The van der Waals surface area contributed by atoms with Crippen molar-refractivity contribution in [2.45, 2.75) is 13.8 Å². The molecule has 8 nitrogen and oxygen atoms in total. The molecule has 23 heavy (non-hydrogen) atoms. The van der Waals surface area contributed by atoms with Gasteiger partial charge in [0.15, 0.2) is 17.3 Å². The minimum absolute atomic E-state index is 0.581. The van der Waals surface area contributed by atoms with Crippen LogP contribution in [0.15, 0.2) is 24.3 Å². The minimum atomic E-state index is 0.581. The summed E-state index contributed by atoms with van der Waals surface area (Å²) in [6.07, 6.45) is 0. The molecule has 3 aromatic rings. The van der Waals surface area contributed by atoms with Crippen LogP contribution in [0.4, 0.5) is 11.6 Å². The molecule has 0 bridgehead atoms. The molecule has 8 heteroatoms. The number of anilines is 2. The van der Waals surface area contributed by atoms with Crippen LogP contribution in [0.1, 0.15) is 11.5 Å². The van der Waals surface area contributed by atoms with Gasteiger partial charge in [0.05, 0.1) is 5.69 Å². The van der Waals surface area contributed by atoms with Crippen molar-refractivity contribution in [1.82, 2.24) is 30.0 Å². The van der Waals surface area contributed by atoms with Crippen LogP contribution >= 0.6 is 0 Å². The van der Waals surface area contributed by atoms with Crippen molar-refractivity contribution in [2.75, 3.05) is 29.9 Å². The molecule has 1 fully saturated rings. The fraction of sp³-hybridized carbons (Fsp3) is 0.400. The highest BCUT2D eigenvalue weighted by molar-refractivity contribution is 5.45. The van der Waals surface area contributed by atoms with Crippen molar-refractivity contribution >= 4 is 17.3 Å². The van der Waals surface area contributed by atoms with E-state index in [0.29, 0.717) is 5.92 Å². The van der Waals surface area contributed by atoms with Gasteiger partial charge in [-0.15, -0.1) is 20.4 Å². The number of fused-ring (bicyclic) bond motifs is 1. The van der Waals surface area contributed by atoms with Gasteiger partial charge in [-0.3, -0.25) is 0 Å². The summed E-state index contributed by atoms with van der Waals surface area (Å²) in [7, 11) is 0. The highest BCUT2D eigenvalue weighted by Gasteiger charge is 2.27. The first-order valence-electron chi connectivity index (χ1n) is 7.67. The predicted molar refractivity (Wildman–Crippen MR) is 86.5 cm³/mol. The molecule has 1 N–H and O–H groups in total. The zero-order chi connectivity index (χ0) is 15.8. The Kier molecular flexibility index (Phi) is 3.29. The first kappa shape index (κ1) is 13.9. The molecule has 0 radical (unpaired) electrons. The molecule has 4 rings (SSSR count). The van der Waals surface area contributed by atoms with Gasteiger partial charge in [0, 0.05) is 25.6 Å². The molecule has 0 spiro atoms. The second kappa shape index (κ2) is 5.45. The SMILES string of the molecule is Cc1ccc(N2CC(CNc3ccc4nnc(C)n4n3)C2)nn1. The van der Waals surface area contributed by atoms with Gasteiger partial charge in [0.1, 0.15) is 5.82 Å². The molecule has 3 aromatic heterocycles. The number of hydrogen-bond acceptors (Lipinski definition) is 7. The van der Waals surface area contributed by atoms with E-state index in [1.54, 1.807) is 4.52 Å². The van der Waals surface area contributed by atoms with E-state index >= 15 is 0 Å². The molecule has 1 aliphatic rings. The fourth-order valence-electron chi connectivity index (χ4n) is 2.69. The van der Waals surface area contributed by atoms with Crippen molar-refractivity contribution in [1.29, 1.82) is 0 Å². The molecule has 118 valence electrons. The first-order chi connectivity index (χ1) is 11.2. The smallest absolute Gasteiger partial charge is 0.178 e. The van der Waals surface area contributed by atoms with Crippen LogP contribution in [0.25, 0.3) is 5.65 Å². The van der Waals surface area contributed by atoms with E-state index in [4.69, 9.17) is 0 Å². The molecule has 0 aliphatic carbocycles. The van der Waals surface area contributed by atoms with Gasteiger partial charge in [-0.2, -0.15) is 9.61 Å². The molecule has 0 atom stereocenters. The van der Waals surface area contributed by atoms with Gasteiger partial charge in [-0.05, 0) is 38.1 Å². The van der Waals surface area contributed by atoms with E-state index in [1.807, 2.05) is 38.1 Å². The molecular weight excluding hydrogens is 292 g/mol. The van der Waals surface area contributed by atoms with Crippen molar-refractivity contribution in [3.05, 3.63) is 35.8 Å². The molecule has 1 aliphatic heterocycles. The van der Waals surface area contributed by atoms with Gasteiger partial charge < -0.3 is 10.2 Å². The number of hydrogen-bond donors (Lipinski definition) is 1. The van der Waals surface area contributed by atoms with Crippen LogP contribution in [-0.2, 0) is 0 Å². The van der Waals surface area contributed by atoms with E-state index in [1.165, 1.54) is 0 Å². The Hall–Kier alpha value is -2.77. The summed E-state index contributed by atoms with van der Waals surface area (Å²) >= 11 is 0. The highest BCUT2D eigenvalue weighted by Crippen LogP contribution is 2.22. The van der Waals surface area contributed by atoms with Crippen LogP contribution in [-0.4, -0.2) is 49.6 Å². The Morgan fingerprint density at radius 1 is 1.04 bits per heavy atom. The Labute approximate surface area is 133 Å². The topological polar surface area (TPSA) is 84.1 Å². The van der Waals surface area contributed by atoms with Crippen molar-refractivity contribution < 1.29 is 0 Å². The summed E-state index contributed by atoms with van der Waals surface area (Å²) in [4.78, 5) is 2.24. The summed E-state index contributed by atoms with van der Waals surface area (Å²) in [6, 6.07) is 7.88. The largest absolute Gasteiger partial charge is 0.368 e. The summed E-state index contributed by atoms with van der Waals surface area (Å²) in [5.74, 6) is 3.16. The summed E-state index contributed by atoms with van der Waals surface area (Å²) in [5.41, 5.74) is 1.71. The van der Waals surface area contributed by atoms with Crippen molar-refractivity contribution in [3.8, 4) is 0 Å². The number of aryl methyl sites for hydroxylation is 2. The average molecular weight is 310 g/mol. The van der Waals surface area contributed by atoms with Crippen LogP contribution < -0.4 is 10.2 Å². The molecule has 0 saturated carbocycles. The van der Waals surface area contributed by atoms with Crippen molar-refractivity contribution in [3.63, 3.8) is 0 Å². The zero-order valence-corrected chi connectivity index (χ0v) is 13.1. The highest BCUT2D eigenvalue weighted by atomic mass is 15.4. The minimum Gasteiger partial charge on any atom is -0.368 e. The van der Waals surface area contributed by atoms with Gasteiger partial charge >= 0.3 is 0 Å². The second-order valence-electron chi connectivity index (χ2n) is 5.92. The van der Waals surface area contributed by atoms with Crippen LogP contribution in [0, 0.1) is 19.8 Å². The van der Waals surface area contributed by atoms with Gasteiger partial charge in [0.25, 0.3) is 0 Å². The molecule has 0 unspecified atom stereocenters. The Morgan fingerprint density at radius 2 is 1.91 bits per heavy atom. The average Bonchev–Trinajstić information content (AvgIpc) is 2.88. The normalized spacial score (nSPS) is 15.0. The maximum atomic E-state index is 4.50. The maximum absolute atomic E-state index is 4.50. The lowest BCUT2D eigenvalue weighted by atomic mass is 10.0. The van der Waals surface area contributed by atoms with Crippen LogP contribution in [0.2, 0.25) is 0 Å². The number of nitrogens with one attached hydrogen (secondary N) is 1. The summed E-state index contributed by atoms with van der Waals surface area (Å²) in [6.45, 7) is 6.69. The van der Waals surface area contributed by atoms with E-state index in [-0.39, 0.29) is 0 Å². The second-order valence-corrected chi connectivity index (χ2v) is 5.92. The maximum Gasteiger partial charge on any atom is 0.178 e. The Balaban J connectivity index is 1.33. The summed E-state index contributed by atoms with van der Waals surface area (Å²) in [5, 5.41) is 24.2. The number of rotatable bonds is 4. The zero-order valence-electron chi connectivity index (χ0n) is 13.1. The molecule has 1 saturated heterocycles. The lowest BCUT2D eigenvalue weighted by Gasteiger charge is -2.40. The van der Waals surface area contributed by atoms with Gasteiger partial charge in [-0.25, -0.2) is 0 Å². The Bertz CT molecular complexity index is 819. The lowest BCUT2D eigenvalue weighted by Crippen LogP contribution is -2.50. The number of nitrogens with zero attached hydrogens (tertiary/aromatic N) is 7. The third-order valence-corrected chi connectivity index (χ3v) is 4.06. The van der Waals surface area contributed by atoms with Gasteiger partial charge in [0.2, 0.25) is 0 Å². The molecule has 0 amide bonds. The van der Waals surface area contributed by atoms with E-state index in [2.05, 4.69) is 35.7 Å². The fourth-order valence-corrected chi connectivity index (χ4v) is 2.69. The molecular formula is C15H18N8. The first-order valence-corrected chi connectivity index (χ1v) is 7.67. The monoisotopic (exact) mass is 310 g/mol. The molecule has 0 aromatic carbocycles. The van der Waals surface area contributed by atoms with Crippen LogP contribution in [0.5, 0.6) is 0 Å². The van der Waals surface area contributed by atoms with E-state index in [0.717, 1.165) is 48.4 Å². The van der Waals surface area contributed by atoms with Crippen LogP contribution in [0.3, 0.4) is 0 Å². The van der Waals surface area contributed by atoms with E-state index in [9.17, 15) is 0 Å². The third-order valence-electron chi connectivity index (χ3n) is 4.06. The number of aromatic nitrogens is 6. The molecule has 4 heterocycles. The Morgan fingerprint density at radius 3 is 2.70 bits per heavy atom. The lowest BCUT2D eigenvalue weighted by molar-refractivity contribution is 0.425. The summed E-state index contributed by atoms with van der Waals surface area (Å²) < 4.78 is 1.75.